The summed E-state index contributed by atoms with van der Waals surface area (Å²) in [6, 6.07) is 7.35. The van der Waals surface area contributed by atoms with Crippen molar-refractivity contribution in [2.45, 2.75) is 44.1 Å². The lowest BCUT2D eigenvalue weighted by molar-refractivity contribution is -0.127. The van der Waals surface area contributed by atoms with E-state index in [1.807, 2.05) is 24.3 Å². The molecule has 1 aromatic rings. The van der Waals surface area contributed by atoms with Crippen molar-refractivity contribution in [1.82, 2.24) is 5.32 Å². The maximum absolute atomic E-state index is 12.1. The van der Waals surface area contributed by atoms with Crippen LogP contribution in [0.5, 0.6) is 0 Å². The maximum atomic E-state index is 12.1. The molecule has 7 heteroatoms. The fourth-order valence-corrected chi connectivity index (χ4v) is 2.90. The summed E-state index contributed by atoms with van der Waals surface area (Å²) in [7, 11) is 0. The van der Waals surface area contributed by atoms with Crippen LogP contribution in [0.3, 0.4) is 0 Å². The summed E-state index contributed by atoms with van der Waals surface area (Å²) in [5, 5.41) is 5.58. The molecule has 2 rings (SSSR count). The third kappa shape index (κ3) is 6.12. The minimum Gasteiger partial charge on any atom is -0.354 e. The van der Waals surface area contributed by atoms with Crippen LogP contribution in [0, 0.1) is 0 Å². The average molecular weight is 405 g/mol. The number of anilines is 1. The predicted octanol–water partition coefficient (Wildman–Crippen LogP) is 2.98. The summed E-state index contributed by atoms with van der Waals surface area (Å²) in [4.78, 5) is 24.0. The lowest BCUT2D eigenvalue weighted by Gasteiger charge is -2.31. The summed E-state index contributed by atoms with van der Waals surface area (Å²) in [6.07, 6.45) is 4.81. The molecular formula is C16H23BrClN3O2. The van der Waals surface area contributed by atoms with Gasteiger partial charge in [-0.1, -0.05) is 35.2 Å². The molecular weight excluding hydrogens is 382 g/mol. The van der Waals surface area contributed by atoms with Crippen molar-refractivity contribution >= 4 is 45.8 Å². The first-order valence-corrected chi connectivity index (χ1v) is 8.41. The average Bonchev–Trinajstić information content (AvgIpc) is 2.50. The van der Waals surface area contributed by atoms with Crippen LogP contribution in [0.4, 0.5) is 5.69 Å². The molecule has 0 radical (unpaired) electrons. The molecule has 5 nitrogen and oxygen atoms in total. The van der Waals surface area contributed by atoms with Gasteiger partial charge in [0.15, 0.2) is 0 Å². The van der Waals surface area contributed by atoms with Crippen molar-refractivity contribution < 1.29 is 9.59 Å². The van der Waals surface area contributed by atoms with E-state index in [4.69, 9.17) is 5.73 Å². The van der Waals surface area contributed by atoms with Crippen molar-refractivity contribution in [3.63, 3.8) is 0 Å². The van der Waals surface area contributed by atoms with E-state index in [1.54, 1.807) is 0 Å². The Kier molecular flexibility index (Phi) is 8.02. The third-order valence-electron chi connectivity index (χ3n) is 3.96. The van der Waals surface area contributed by atoms with Crippen LogP contribution in [0.15, 0.2) is 28.7 Å². The first-order valence-electron chi connectivity index (χ1n) is 7.62. The molecule has 0 spiro atoms. The standard InChI is InChI=1S/C16H22BrN3O2.ClH/c17-12-4-6-13(7-5-12)20-14(21)8-11-19-15(22)16(18)9-2-1-3-10-16;/h4-7H,1-3,8-11,18H2,(H,19,22)(H,20,21);1H. The van der Waals surface area contributed by atoms with Gasteiger partial charge in [0.2, 0.25) is 11.8 Å². The Labute approximate surface area is 151 Å². The van der Waals surface area contributed by atoms with E-state index in [9.17, 15) is 9.59 Å². The van der Waals surface area contributed by atoms with E-state index in [1.165, 1.54) is 0 Å². The highest BCUT2D eigenvalue weighted by Gasteiger charge is 2.34. The summed E-state index contributed by atoms with van der Waals surface area (Å²) < 4.78 is 0.957. The number of nitrogens with two attached hydrogens (primary N) is 1. The first kappa shape index (κ1) is 19.9. The van der Waals surface area contributed by atoms with E-state index >= 15 is 0 Å². The third-order valence-corrected chi connectivity index (χ3v) is 4.49. The highest BCUT2D eigenvalue weighted by Crippen LogP contribution is 2.25. The van der Waals surface area contributed by atoms with E-state index in [0.29, 0.717) is 6.54 Å². The Morgan fingerprint density at radius 2 is 1.74 bits per heavy atom. The minimum absolute atomic E-state index is 0. The smallest absolute Gasteiger partial charge is 0.240 e. The van der Waals surface area contributed by atoms with Gasteiger partial charge in [-0.15, -0.1) is 12.4 Å². The largest absolute Gasteiger partial charge is 0.354 e. The summed E-state index contributed by atoms with van der Waals surface area (Å²) >= 11 is 3.34. The van der Waals surface area contributed by atoms with Gasteiger partial charge in [0.05, 0.1) is 5.54 Å². The Morgan fingerprint density at radius 1 is 1.13 bits per heavy atom. The lowest BCUT2D eigenvalue weighted by atomic mass is 9.82. The molecule has 0 atom stereocenters. The first-order chi connectivity index (χ1) is 10.5. The van der Waals surface area contributed by atoms with Gasteiger partial charge < -0.3 is 16.4 Å². The van der Waals surface area contributed by atoms with Gasteiger partial charge >= 0.3 is 0 Å². The topological polar surface area (TPSA) is 84.2 Å². The van der Waals surface area contributed by atoms with E-state index < -0.39 is 5.54 Å². The second kappa shape index (κ2) is 9.25. The van der Waals surface area contributed by atoms with Crippen LogP contribution < -0.4 is 16.4 Å². The molecule has 1 saturated carbocycles. The molecule has 2 amide bonds. The molecule has 1 aromatic carbocycles. The van der Waals surface area contributed by atoms with Gasteiger partial charge in [-0.05, 0) is 37.1 Å². The summed E-state index contributed by atoms with van der Waals surface area (Å²) in [5.41, 5.74) is 6.13. The number of hydrogen-bond acceptors (Lipinski definition) is 3. The highest BCUT2D eigenvalue weighted by molar-refractivity contribution is 9.10. The molecule has 0 saturated heterocycles. The highest BCUT2D eigenvalue weighted by atomic mass is 79.9. The van der Waals surface area contributed by atoms with Gasteiger partial charge in [0.25, 0.3) is 0 Å². The Hall–Kier alpha value is -1.11. The molecule has 4 N–H and O–H groups in total. The Bertz CT molecular complexity index is 531. The van der Waals surface area contributed by atoms with Crippen LogP contribution in [-0.4, -0.2) is 23.9 Å². The SMILES string of the molecule is Cl.NC1(C(=O)NCCC(=O)Nc2ccc(Br)cc2)CCCCC1. The second-order valence-corrected chi connectivity index (χ2v) is 6.69. The Balaban J connectivity index is 0.00000264. The zero-order chi connectivity index (χ0) is 16.0. The van der Waals surface area contributed by atoms with Crippen LogP contribution >= 0.6 is 28.3 Å². The fraction of sp³-hybridized carbons (Fsp3) is 0.500. The van der Waals surface area contributed by atoms with Crippen LogP contribution in [0.2, 0.25) is 0 Å². The van der Waals surface area contributed by atoms with Gasteiger partial charge in [-0.25, -0.2) is 0 Å². The fourth-order valence-electron chi connectivity index (χ4n) is 2.63. The Morgan fingerprint density at radius 3 is 2.35 bits per heavy atom. The van der Waals surface area contributed by atoms with E-state index in [0.717, 1.165) is 42.3 Å². The van der Waals surface area contributed by atoms with Crippen LogP contribution in [0.1, 0.15) is 38.5 Å². The van der Waals surface area contributed by atoms with E-state index in [2.05, 4.69) is 26.6 Å². The monoisotopic (exact) mass is 403 g/mol. The minimum atomic E-state index is -0.750. The zero-order valence-corrected chi connectivity index (χ0v) is 15.3. The number of carbonyl (C=O) groups excluding carboxylic acids is 2. The molecule has 1 fully saturated rings. The van der Waals surface area contributed by atoms with Gasteiger partial charge in [-0.3, -0.25) is 9.59 Å². The molecule has 0 aliphatic heterocycles. The second-order valence-electron chi connectivity index (χ2n) is 5.78. The normalized spacial score (nSPS) is 16.1. The summed E-state index contributed by atoms with van der Waals surface area (Å²) in [5.74, 6) is -0.263. The number of nitrogens with one attached hydrogen (secondary N) is 2. The van der Waals surface area contributed by atoms with Crippen LogP contribution in [0.25, 0.3) is 0 Å². The number of benzene rings is 1. The molecule has 0 heterocycles. The summed E-state index contributed by atoms with van der Waals surface area (Å²) in [6.45, 7) is 0.306. The molecule has 0 aromatic heterocycles. The molecule has 128 valence electrons. The molecule has 1 aliphatic carbocycles. The molecule has 0 unspecified atom stereocenters. The number of carbonyl (C=O) groups is 2. The van der Waals surface area contributed by atoms with Crippen molar-refractivity contribution in [3.05, 3.63) is 28.7 Å². The molecule has 1 aliphatic rings. The van der Waals surface area contributed by atoms with Crippen molar-refractivity contribution in [3.8, 4) is 0 Å². The van der Waals surface area contributed by atoms with Crippen molar-refractivity contribution in [1.29, 1.82) is 0 Å². The maximum Gasteiger partial charge on any atom is 0.240 e. The van der Waals surface area contributed by atoms with Crippen molar-refractivity contribution in [2.75, 3.05) is 11.9 Å². The number of hydrogen-bond donors (Lipinski definition) is 3. The van der Waals surface area contributed by atoms with Gasteiger partial charge in [0, 0.05) is 23.1 Å². The molecule has 23 heavy (non-hydrogen) atoms. The number of amides is 2. The number of rotatable bonds is 5. The quantitative estimate of drug-likeness (QED) is 0.705. The van der Waals surface area contributed by atoms with Gasteiger partial charge in [0.1, 0.15) is 0 Å². The number of halogens is 2. The van der Waals surface area contributed by atoms with Gasteiger partial charge in [-0.2, -0.15) is 0 Å². The van der Waals surface area contributed by atoms with Crippen LogP contribution in [-0.2, 0) is 9.59 Å². The predicted molar refractivity (Wildman–Crippen MR) is 97.6 cm³/mol. The molecule has 0 bridgehead atoms. The van der Waals surface area contributed by atoms with Crippen molar-refractivity contribution in [2.24, 2.45) is 5.73 Å². The van der Waals surface area contributed by atoms with E-state index in [-0.39, 0.29) is 30.6 Å². The zero-order valence-electron chi connectivity index (χ0n) is 12.9. The lowest BCUT2D eigenvalue weighted by Crippen LogP contribution is -2.55.